The summed E-state index contributed by atoms with van der Waals surface area (Å²) < 4.78 is 4.97. The minimum Gasteiger partial charge on any atom is -0.383 e. The van der Waals surface area contributed by atoms with Gasteiger partial charge in [-0.2, -0.15) is 0 Å². The predicted molar refractivity (Wildman–Crippen MR) is 79.1 cm³/mol. The molecule has 2 rings (SSSR count). The van der Waals surface area contributed by atoms with Gasteiger partial charge in [0.2, 0.25) is 5.91 Å². The first-order valence-corrected chi connectivity index (χ1v) is 8.01. The van der Waals surface area contributed by atoms with Gasteiger partial charge in [-0.1, -0.05) is 0 Å². The lowest BCUT2D eigenvalue weighted by Crippen LogP contribution is -2.32. The summed E-state index contributed by atoms with van der Waals surface area (Å²) >= 11 is 7.80. The minimum absolute atomic E-state index is 0.0335. The van der Waals surface area contributed by atoms with Gasteiger partial charge < -0.3 is 10.1 Å². The minimum atomic E-state index is -0.0339. The quantitative estimate of drug-likeness (QED) is 0.821. The standard InChI is InChI=1S/C14H20ClNO2S/c1-18-9-10(15)5-7-16-14(17)12-3-2-4-13-11(12)6-8-19-13/h6,8,10,12H,2-5,7,9H2,1H3,(H,16,17). The van der Waals surface area contributed by atoms with Gasteiger partial charge in [0.15, 0.2) is 0 Å². The zero-order valence-electron chi connectivity index (χ0n) is 11.2. The maximum absolute atomic E-state index is 12.2. The normalized spacial score (nSPS) is 19.8. The molecule has 2 unspecified atom stereocenters. The van der Waals surface area contributed by atoms with E-state index in [1.54, 1.807) is 18.4 Å². The average molecular weight is 302 g/mol. The van der Waals surface area contributed by atoms with Gasteiger partial charge in [0.05, 0.1) is 17.9 Å². The van der Waals surface area contributed by atoms with Crippen LogP contribution in [0.2, 0.25) is 0 Å². The molecule has 19 heavy (non-hydrogen) atoms. The Morgan fingerprint density at radius 3 is 3.32 bits per heavy atom. The third-order valence-electron chi connectivity index (χ3n) is 3.47. The molecule has 1 aliphatic rings. The van der Waals surface area contributed by atoms with Crippen LogP contribution < -0.4 is 5.32 Å². The lowest BCUT2D eigenvalue weighted by Gasteiger charge is -2.22. The van der Waals surface area contributed by atoms with Gasteiger partial charge in [0, 0.05) is 18.5 Å². The molecule has 0 saturated carbocycles. The SMILES string of the molecule is COCC(Cl)CCNC(=O)C1CCCc2sccc21. The van der Waals surface area contributed by atoms with Gasteiger partial charge in [0.1, 0.15) is 0 Å². The molecule has 1 aromatic rings. The zero-order valence-corrected chi connectivity index (χ0v) is 12.7. The van der Waals surface area contributed by atoms with Crippen molar-refractivity contribution >= 4 is 28.8 Å². The Morgan fingerprint density at radius 1 is 1.68 bits per heavy atom. The molecule has 106 valence electrons. The van der Waals surface area contributed by atoms with Crippen molar-refractivity contribution in [2.75, 3.05) is 20.3 Å². The van der Waals surface area contributed by atoms with E-state index >= 15 is 0 Å². The fraction of sp³-hybridized carbons (Fsp3) is 0.643. The lowest BCUT2D eigenvalue weighted by atomic mass is 9.87. The van der Waals surface area contributed by atoms with Crippen LogP contribution in [0.1, 0.15) is 35.6 Å². The maximum Gasteiger partial charge on any atom is 0.227 e. The first-order chi connectivity index (χ1) is 9.22. The number of ether oxygens (including phenoxy) is 1. The van der Waals surface area contributed by atoms with Crippen LogP contribution in [0.4, 0.5) is 0 Å². The van der Waals surface area contributed by atoms with Crippen LogP contribution in [0, 0.1) is 0 Å². The molecule has 0 saturated heterocycles. The Balaban J connectivity index is 1.82. The number of alkyl halides is 1. The first-order valence-electron chi connectivity index (χ1n) is 6.69. The molecule has 1 aliphatic carbocycles. The highest BCUT2D eigenvalue weighted by Gasteiger charge is 2.26. The lowest BCUT2D eigenvalue weighted by molar-refractivity contribution is -0.122. The summed E-state index contributed by atoms with van der Waals surface area (Å²) in [6.07, 6.45) is 3.92. The van der Waals surface area contributed by atoms with Crippen molar-refractivity contribution in [3.63, 3.8) is 0 Å². The molecule has 5 heteroatoms. The third kappa shape index (κ3) is 3.94. The molecular weight excluding hydrogens is 282 g/mol. The topological polar surface area (TPSA) is 38.3 Å². The molecule has 3 nitrogen and oxygen atoms in total. The van der Waals surface area contributed by atoms with Gasteiger partial charge in [-0.15, -0.1) is 22.9 Å². The Bertz CT molecular complexity index is 421. The van der Waals surface area contributed by atoms with Crippen molar-refractivity contribution in [2.24, 2.45) is 0 Å². The van der Waals surface area contributed by atoms with Gasteiger partial charge in [-0.05, 0) is 42.7 Å². The smallest absolute Gasteiger partial charge is 0.227 e. The highest BCUT2D eigenvalue weighted by molar-refractivity contribution is 7.10. The van der Waals surface area contributed by atoms with Crippen LogP contribution in [0.15, 0.2) is 11.4 Å². The molecule has 1 amide bonds. The van der Waals surface area contributed by atoms with E-state index < -0.39 is 0 Å². The van der Waals surface area contributed by atoms with Crippen LogP contribution in [-0.2, 0) is 16.0 Å². The van der Waals surface area contributed by atoms with Crippen molar-refractivity contribution in [1.82, 2.24) is 5.32 Å². The Kier molecular flexibility index (Phi) is 5.67. The first kappa shape index (κ1) is 14.8. The van der Waals surface area contributed by atoms with Crippen molar-refractivity contribution in [2.45, 2.75) is 37.0 Å². The van der Waals surface area contributed by atoms with E-state index in [1.165, 1.54) is 10.4 Å². The van der Waals surface area contributed by atoms with E-state index in [1.807, 2.05) is 0 Å². The van der Waals surface area contributed by atoms with Crippen LogP contribution in [0.5, 0.6) is 0 Å². The monoisotopic (exact) mass is 301 g/mol. The summed E-state index contributed by atoms with van der Waals surface area (Å²) in [7, 11) is 1.63. The molecule has 0 radical (unpaired) electrons. The second-order valence-corrected chi connectivity index (χ2v) is 6.49. The molecule has 1 N–H and O–H groups in total. The number of hydrogen-bond donors (Lipinski definition) is 1. The molecule has 1 aromatic heterocycles. The molecule has 0 bridgehead atoms. The highest BCUT2D eigenvalue weighted by Crippen LogP contribution is 2.34. The van der Waals surface area contributed by atoms with E-state index in [0.29, 0.717) is 13.2 Å². The second kappa shape index (κ2) is 7.27. The van der Waals surface area contributed by atoms with Crippen LogP contribution in [0.25, 0.3) is 0 Å². The number of fused-ring (bicyclic) bond motifs is 1. The van der Waals surface area contributed by atoms with Crippen molar-refractivity contribution in [3.8, 4) is 0 Å². The van der Waals surface area contributed by atoms with Gasteiger partial charge in [-0.25, -0.2) is 0 Å². The van der Waals surface area contributed by atoms with E-state index in [-0.39, 0.29) is 17.2 Å². The number of hydrogen-bond acceptors (Lipinski definition) is 3. The van der Waals surface area contributed by atoms with Gasteiger partial charge >= 0.3 is 0 Å². The summed E-state index contributed by atoms with van der Waals surface area (Å²) in [4.78, 5) is 13.6. The molecule has 0 spiro atoms. The molecule has 2 atom stereocenters. The average Bonchev–Trinajstić information content (AvgIpc) is 2.86. The number of thiophene rings is 1. The summed E-state index contributed by atoms with van der Waals surface area (Å²) in [6.45, 7) is 1.14. The van der Waals surface area contributed by atoms with Crippen molar-refractivity contribution < 1.29 is 9.53 Å². The van der Waals surface area contributed by atoms with E-state index in [9.17, 15) is 4.79 Å². The van der Waals surface area contributed by atoms with Crippen LogP contribution in [0.3, 0.4) is 0 Å². The van der Waals surface area contributed by atoms with E-state index in [2.05, 4.69) is 16.8 Å². The molecule has 0 fully saturated rings. The number of amides is 1. The van der Waals surface area contributed by atoms with E-state index in [4.69, 9.17) is 16.3 Å². The fourth-order valence-corrected chi connectivity index (χ4v) is 3.72. The summed E-state index contributed by atoms with van der Waals surface area (Å²) in [5.74, 6) is 0.173. The Morgan fingerprint density at radius 2 is 2.53 bits per heavy atom. The summed E-state index contributed by atoms with van der Waals surface area (Å²) in [5.41, 5.74) is 1.23. The number of methoxy groups -OCH3 is 1. The number of rotatable bonds is 6. The number of carbonyl (C=O) groups is 1. The number of nitrogens with one attached hydrogen (secondary N) is 1. The van der Waals surface area contributed by atoms with Crippen molar-refractivity contribution in [3.05, 3.63) is 21.9 Å². The summed E-state index contributed by atoms with van der Waals surface area (Å²) in [5, 5.41) is 5.05. The van der Waals surface area contributed by atoms with Gasteiger partial charge in [-0.3, -0.25) is 4.79 Å². The third-order valence-corrected chi connectivity index (χ3v) is 4.81. The van der Waals surface area contributed by atoms with Gasteiger partial charge in [0.25, 0.3) is 0 Å². The molecule has 1 heterocycles. The molecular formula is C14H20ClNO2S. The fourth-order valence-electron chi connectivity index (χ4n) is 2.50. The van der Waals surface area contributed by atoms with Crippen LogP contribution in [-0.4, -0.2) is 31.5 Å². The largest absolute Gasteiger partial charge is 0.383 e. The zero-order chi connectivity index (χ0) is 13.7. The molecule has 0 aliphatic heterocycles. The molecule has 0 aromatic carbocycles. The van der Waals surface area contributed by atoms with Crippen molar-refractivity contribution in [1.29, 1.82) is 0 Å². The Labute approximate surface area is 123 Å². The maximum atomic E-state index is 12.2. The highest BCUT2D eigenvalue weighted by atomic mass is 35.5. The second-order valence-electron chi connectivity index (χ2n) is 4.88. The number of carbonyl (C=O) groups excluding carboxylic acids is 1. The van der Waals surface area contributed by atoms with Crippen LogP contribution >= 0.6 is 22.9 Å². The van der Waals surface area contributed by atoms with E-state index in [0.717, 1.165) is 25.7 Å². The predicted octanol–water partition coefficient (Wildman–Crippen LogP) is 2.93. The number of halogens is 1. The Hall–Kier alpha value is -0.580. The number of aryl methyl sites for hydroxylation is 1. The summed E-state index contributed by atoms with van der Waals surface area (Å²) in [6, 6.07) is 2.10.